The van der Waals surface area contributed by atoms with Crippen LogP contribution in [0.2, 0.25) is 0 Å². The lowest BCUT2D eigenvalue weighted by atomic mass is 9.87. The Morgan fingerprint density at radius 1 is 1.05 bits per heavy atom. The van der Waals surface area contributed by atoms with E-state index in [1.165, 1.54) is 27.8 Å². The molecule has 0 fully saturated rings. The molecule has 2 heteroatoms. The number of hydrogen-bond acceptors (Lipinski definition) is 2. The molecule has 2 aromatic carbocycles. The number of aryl methyl sites for hydroxylation is 3. The molecule has 0 bridgehead atoms. The third-order valence-corrected chi connectivity index (χ3v) is 4.14. The molecule has 2 aromatic rings. The first-order valence-electron chi connectivity index (χ1n) is 7.46. The molecule has 0 heterocycles. The molecule has 0 aliphatic heterocycles. The SMILES string of the molecule is COc1cccc(C(CN)Cc2c(C)cc(C)cc2C)c1. The molecule has 112 valence electrons. The molecule has 2 N–H and O–H groups in total. The second-order valence-electron chi connectivity index (χ2n) is 5.79. The Balaban J connectivity index is 2.31. The number of rotatable bonds is 5. The van der Waals surface area contributed by atoms with Gasteiger partial charge in [0.1, 0.15) is 5.75 Å². The molecule has 0 spiro atoms. The predicted octanol–water partition coefficient (Wildman–Crippen LogP) is 3.91. The number of ether oxygens (including phenoxy) is 1. The van der Waals surface area contributed by atoms with Gasteiger partial charge in [0.05, 0.1) is 7.11 Å². The van der Waals surface area contributed by atoms with Crippen LogP contribution in [0.5, 0.6) is 5.75 Å². The molecule has 2 nitrogen and oxygen atoms in total. The Labute approximate surface area is 127 Å². The van der Waals surface area contributed by atoms with E-state index in [0.717, 1.165) is 12.2 Å². The molecule has 0 saturated carbocycles. The summed E-state index contributed by atoms with van der Waals surface area (Å²) in [5.74, 6) is 1.21. The highest BCUT2D eigenvalue weighted by molar-refractivity contribution is 5.40. The predicted molar refractivity (Wildman–Crippen MR) is 89.1 cm³/mol. The normalized spacial score (nSPS) is 12.2. The molecule has 0 aliphatic carbocycles. The molecule has 0 amide bonds. The van der Waals surface area contributed by atoms with E-state index in [-0.39, 0.29) is 0 Å². The molecule has 1 atom stereocenters. The highest BCUT2D eigenvalue weighted by Crippen LogP contribution is 2.27. The maximum Gasteiger partial charge on any atom is 0.119 e. The van der Waals surface area contributed by atoms with Gasteiger partial charge in [-0.1, -0.05) is 29.8 Å². The molecule has 0 aliphatic rings. The highest BCUT2D eigenvalue weighted by atomic mass is 16.5. The largest absolute Gasteiger partial charge is 0.497 e. The topological polar surface area (TPSA) is 35.2 Å². The van der Waals surface area contributed by atoms with Gasteiger partial charge >= 0.3 is 0 Å². The monoisotopic (exact) mass is 283 g/mol. The maximum atomic E-state index is 6.03. The van der Waals surface area contributed by atoms with Crippen LogP contribution in [0.3, 0.4) is 0 Å². The van der Waals surface area contributed by atoms with Crippen LogP contribution >= 0.6 is 0 Å². The van der Waals surface area contributed by atoms with E-state index in [1.54, 1.807) is 7.11 Å². The standard InChI is InChI=1S/C19H25NO/c1-13-8-14(2)19(15(3)9-13)11-17(12-20)16-6-5-7-18(10-16)21-4/h5-10,17H,11-12,20H2,1-4H3. The first-order valence-corrected chi connectivity index (χ1v) is 7.46. The average Bonchev–Trinajstić information content (AvgIpc) is 2.46. The van der Waals surface area contributed by atoms with E-state index >= 15 is 0 Å². The van der Waals surface area contributed by atoms with E-state index in [1.807, 2.05) is 12.1 Å². The fourth-order valence-corrected chi connectivity index (χ4v) is 3.01. The van der Waals surface area contributed by atoms with E-state index in [4.69, 9.17) is 10.5 Å². The van der Waals surface area contributed by atoms with Crippen molar-refractivity contribution in [1.82, 2.24) is 0 Å². The summed E-state index contributed by atoms with van der Waals surface area (Å²) in [6.07, 6.45) is 0.974. The van der Waals surface area contributed by atoms with Gasteiger partial charge in [-0.05, 0) is 68.1 Å². The summed E-state index contributed by atoms with van der Waals surface area (Å²) in [5.41, 5.74) is 12.7. The van der Waals surface area contributed by atoms with Crippen molar-refractivity contribution in [3.05, 3.63) is 64.2 Å². The lowest BCUT2D eigenvalue weighted by Crippen LogP contribution is -2.16. The van der Waals surface area contributed by atoms with Crippen molar-refractivity contribution >= 4 is 0 Å². The average molecular weight is 283 g/mol. The Morgan fingerprint density at radius 2 is 1.71 bits per heavy atom. The zero-order chi connectivity index (χ0) is 15.4. The molecular weight excluding hydrogens is 258 g/mol. The van der Waals surface area contributed by atoms with Gasteiger partial charge < -0.3 is 10.5 Å². The summed E-state index contributed by atoms with van der Waals surface area (Å²) in [5, 5.41) is 0. The van der Waals surface area contributed by atoms with Crippen molar-refractivity contribution in [1.29, 1.82) is 0 Å². The first-order chi connectivity index (χ1) is 10.0. The fraction of sp³-hybridized carbons (Fsp3) is 0.368. The third-order valence-electron chi connectivity index (χ3n) is 4.14. The molecule has 0 aromatic heterocycles. The van der Waals surface area contributed by atoms with Crippen LogP contribution < -0.4 is 10.5 Å². The Kier molecular flexibility index (Phi) is 5.03. The molecule has 0 saturated heterocycles. The Hall–Kier alpha value is -1.80. The first kappa shape index (κ1) is 15.6. The van der Waals surface area contributed by atoms with Gasteiger partial charge in [0, 0.05) is 5.92 Å². The minimum Gasteiger partial charge on any atom is -0.497 e. The molecule has 0 radical (unpaired) electrons. The van der Waals surface area contributed by atoms with Crippen molar-refractivity contribution in [3.8, 4) is 5.75 Å². The maximum absolute atomic E-state index is 6.03. The highest BCUT2D eigenvalue weighted by Gasteiger charge is 2.14. The Morgan fingerprint density at radius 3 is 2.29 bits per heavy atom. The lowest BCUT2D eigenvalue weighted by molar-refractivity contribution is 0.413. The summed E-state index contributed by atoms with van der Waals surface area (Å²) in [4.78, 5) is 0. The van der Waals surface area contributed by atoms with E-state index in [9.17, 15) is 0 Å². The molecule has 2 rings (SSSR count). The third kappa shape index (κ3) is 3.64. The van der Waals surface area contributed by atoms with Gasteiger partial charge in [0.25, 0.3) is 0 Å². The number of benzene rings is 2. The van der Waals surface area contributed by atoms with Crippen LogP contribution in [0.25, 0.3) is 0 Å². The van der Waals surface area contributed by atoms with Crippen LogP contribution in [0, 0.1) is 20.8 Å². The van der Waals surface area contributed by atoms with E-state index < -0.39 is 0 Å². The second-order valence-corrected chi connectivity index (χ2v) is 5.79. The van der Waals surface area contributed by atoms with Crippen molar-refractivity contribution in [2.75, 3.05) is 13.7 Å². The van der Waals surface area contributed by atoms with Crippen LogP contribution in [0.1, 0.15) is 33.7 Å². The molecule has 1 unspecified atom stereocenters. The van der Waals surface area contributed by atoms with Gasteiger partial charge in [-0.3, -0.25) is 0 Å². The van der Waals surface area contributed by atoms with Crippen LogP contribution in [-0.4, -0.2) is 13.7 Å². The number of nitrogens with two attached hydrogens (primary N) is 1. The van der Waals surface area contributed by atoms with Gasteiger partial charge in [-0.25, -0.2) is 0 Å². The zero-order valence-electron chi connectivity index (χ0n) is 13.4. The smallest absolute Gasteiger partial charge is 0.119 e. The summed E-state index contributed by atoms with van der Waals surface area (Å²) in [6.45, 7) is 7.16. The summed E-state index contributed by atoms with van der Waals surface area (Å²) < 4.78 is 5.32. The van der Waals surface area contributed by atoms with Crippen LogP contribution in [0.4, 0.5) is 0 Å². The van der Waals surface area contributed by atoms with E-state index in [2.05, 4.69) is 45.0 Å². The van der Waals surface area contributed by atoms with Crippen molar-refractivity contribution in [2.45, 2.75) is 33.1 Å². The summed E-state index contributed by atoms with van der Waals surface area (Å²) in [6, 6.07) is 12.7. The van der Waals surface area contributed by atoms with Gasteiger partial charge in [-0.15, -0.1) is 0 Å². The van der Waals surface area contributed by atoms with Gasteiger partial charge in [0.2, 0.25) is 0 Å². The van der Waals surface area contributed by atoms with Gasteiger partial charge in [-0.2, -0.15) is 0 Å². The Bertz CT molecular complexity index is 596. The lowest BCUT2D eigenvalue weighted by Gasteiger charge is -2.19. The van der Waals surface area contributed by atoms with Crippen LogP contribution in [-0.2, 0) is 6.42 Å². The summed E-state index contributed by atoms with van der Waals surface area (Å²) in [7, 11) is 1.70. The molecule has 21 heavy (non-hydrogen) atoms. The minimum absolute atomic E-state index is 0.320. The zero-order valence-corrected chi connectivity index (χ0v) is 13.4. The van der Waals surface area contributed by atoms with Gasteiger partial charge in [0.15, 0.2) is 0 Å². The molecular formula is C19H25NO. The second kappa shape index (κ2) is 6.77. The minimum atomic E-state index is 0.320. The number of hydrogen-bond donors (Lipinski definition) is 1. The number of methoxy groups -OCH3 is 1. The van der Waals surface area contributed by atoms with E-state index in [0.29, 0.717) is 12.5 Å². The van der Waals surface area contributed by atoms with Crippen molar-refractivity contribution in [2.24, 2.45) is 5.73 Å². The van der Waals surface area contributed by atoms with Crippen LogP contribution in [0.15, 0.2) is 36.4 Å². The quantitative estimate of drug-likeness (QED) is 0.903. The summed E-state index contributed by atoms with van der Waals surface area (Å²) >= 11 is 0. The van der Waals surface area contributed by atoms with Crippen molar-refractivity contribution < 1.29 is 4.74 Å². The fourth-order valence-electron chi connectivity index (χ4n) is 3.01. The van der Waals surface area contributed by atoms with Crippen molar-refractivity contribution in [3.63, 3.8) is 0 Å².